The molecule has 0 saturated carbocycles. The molecule has 28 heavy (non-hydrogen) atoms. The van der Waals surface area contributed by atoms with E-state index in [1.54, 1.807) is 35.8 Å². The Morgan fingerprint density at radius 1 is 1.14 bits per heavy atom. The molecule has 0 aliphatic carbocycles. The molecule has 9 heteroatoms. The number of nitrogens with one attached hydrogen (secondary N) is 1. The Balaban J connectivity index is 1.89. The second-order valence-electron chi connectivity index (χ2n) is 5.65. The first-order valence-electron chi connectivity index (χ1n) is 7.93. The van der Waals surface area contributed by atoms with Gasteiger partial charge < -0.3 is 4.42 Å². The maximum atomic E-state index is 13.5. The van der Waals surface area contributed by atoms with Crippen LogP contribution in [0.2, 0.25) is 5.02 Å². The molecule has 0 aliphatic heterocycles. The Morgan fingerprint density at radius 3 is 2.75 bits per heavy atom. The molecule has 2 aromatic carbocycles. The molecule has 0 radical (unpaired) electrons. The van der Waals surface area contributed by atoms with Crippen molar-refractivity contribution in [2.75, 3.05) is 5.32 Å². The molecule has 0 saturated heterocycles. The molecule has 140 valence electrons. The summed E-state index contributed by atoms with van der Waals surface area (Å²) in [6.07, 6.45) is 1.55. The Bertz CT molecular complexity index is 1260. The van der Waals surface area contributed by atoms with E-state index in [2.05, 4.69) is 15.3 Å². The summed E-state index contributed by atoms with van der Waals surface area (Å²) in [6, 6.07) is 9.61. The topological polar surface area (TPSA) is 67.5 Å². The highest BCUT2D eigenvalue weighted by molar-refractivity contribution is 7.13. The van der Waals surface area contributed by atoms with Crippen LogP contribution < -0.4 is 10.9 Å². The summed E-state index contributed by atoms with van der Waals surface area (Å²) in [6.45, 7) is 0. The zero-order valence-electron chi connectivity index (χ0n) is 13.9. The van der Waals surface area contributed by atoms with Gasteiger partial charge in [-0.25, -0.2) is 18.8 Å². The van der Waals surface area contributed by atoms with Crippen molar-refractivity contribution in [3.8, 4) is 0 Å². The van der Waals surface area contributed by atoms with Gasteiger partial charge in [-0.2, -0.15) is 0 Å². The lowest BCUT2D eigenvalue weighted by Gasteiger charge is -2.05. The summed E-state index contributed by atoms with van der Waals surface area (Å²) in [5.41, 5.74) is 0.556. The van der Waals surface area contributed by atoms with Crippen LogP contribution in [0, 0.1) is 11.6 Å². The highest BCUT2D eigenvalue weighted by Gasteiger charge is 2.15. The van der Waals surface area contributed by atoms with Gasteiger partial charge in [0.1, 0.15) is 11.1 Å². The molecule has 0 bridgehead atoms. The van der Waals surface area contributed by atoms with E-state index in [9.17, 15) is 13.6 Å². The van der Waals surface area contributed by atoms with Crippen LogP contribution in [0.25, 0.3) is 11.0 Å². The summed E-state index contributed by atoms with van der Waals surface area (Å²) in [5, 5.41) is 5.81. The van der Waals surface area contributed by atoms with E-state index < -0.39 is 17.5 Å². The van der Waals surface area contributed by atoms with Gasteiger partial charge in [0.25, 0.3) is 5.91 Å². The average molecular weight is 418 g/mol. The highest BCUT2D eigenvalue weighted by atomic mass is 35.5. The van der Waals surface area contributed by atoms with Crippen LogP contribution in [-0.2, 0) is 0 Å². The summed E-state index contributed by atoms with van der Waals surface area (Å²) in [7, 11) is 0. The van der Waals surface area contributed by atoms with Crippen LogP contribution in [0.4, 0.5) is 19.6 Å². The molecule has 2 heterocycles. The molecule has 0 fully saturated rings. The van der Waals surface area contributed by atoms with E-state index in [4.69, 9.17) is 16.0 Å². The van der Waals surface area contributed by atoms with Crippen LogP contribution >= 0.6 is 22.9 Å². The van der Waals surface area contributed by atoms with E-state index in [1.165, 1.54) is 17.4 Å². The molecule has 2 aromatic heterocycles. The average Bonchev–Trinajstić information content (AvgIpc) is 3.17. The van der Waals surface area contributed by atoms with Crippen molar-refractivity contribution < 1.29 is 18.0 Å². The Morgan fingerprint density at radius 2 is 2.00 bits per heavy atom. The van der Waals surface area contributed by atoms with E-state index in [1.807, 2.05) is 0 Å². The zero-order valence-corrected chi connectivity index (χ0v) is 15.5. The number of carbonyl (C=O) groups is 1. The number of nitrogens with zero attached hydrogens (tertiary/aromatic N) is 2. The van der Waals surface area contributed by atoms with Crippen LogP contribution in [0.1, 0.15) is 10.4 Å². The van der Waals surface area contributed by atoms with Crippen molar-refractivity contribution in [2.24, 2.45) is 4.99 Å². The molecule has 4 rings (SSSR count). The van der Waals surface area contributed by atoms with Gasteiger partial charge in [-0.1, -0.05) is 11.6 Å². The lowest BCUT2D eigenvalue weighted by Crippen LogP contribution is -2.21. The summed E-state index contributed by atoms with van der Waals surface area (Å²) >= 11 is 7.27. The number of benzene rings is 2. The first-order valence-corrected chi connectivity index (χ1v) is 9.19. The predicted octanol–water partition coefficient (Wildman–Crippen LogP) is 5.31. The van der Waals surface area contributed by atoms with E-state index in [-0.39, 0.29) is 16.8 Å². The van der Waals surface area contributed by atoms with Gasteiger partial charge in [-0.3, -0.25) is 10.1 Å². The number of amides is 1. The predicted molar refractivity (Wildman–Crippen MR) is 103 cm³/mol. The molecule has 0 atom stereocenters. The lowest BCUT2D eigenvalue weighted by atomic mass is 10.1. The fourth-order valence-electron chi connectivity index (χ4n) is 2.47. The van der Waals surface area contributed by atoms with Gasteiger partial charge >= 0.3 is 0 Å². The second-order valence-corrected chi connectivity index (χ2v) is 6.98. The van der Waals surface area contributed by atoms with Crippen molar-refractivity contribution in [1.82, 2.24) is 4.98 Å². The normalized spacial score (nSPS) is 11.8. The fourth-order valence-corrected chi connectivity index (χ4v) is 3.17. The minimum absolute atomic E-state index is 0.0603. The number of fused-ring (bicyclic) bond motifs is 1. The van der Waals surface area contributed by atoms with Crippen molar-refractivity contribution in [3.05, 3.63) is 81.8 Å². The van der Waals surface area contributed by atoms with Gasteiger partial charge in [0.15, 0.2) is 16.8 Å². The minimum atomic E-state index is -1.05. The minimum Gasteiger partial charge on any atom is -0.438 e. The second kappa shape index (κ2) is 7.49. The van der Waals surface area contributed by atoms with Crippen LogP contribution in [0.15, 0.2) is 63.5 Å². The van der Waals surface area contributed by atoms with Crippen LogP contribution in [0.3, 0.4) is 0 Å². The third-order valence-electron chi connectivity index (χ3n) is 3.74. The number of rotatable bonds is 3. The maximum absolute atomic E-state index is 13.5. The maximum Gasteiger partial charge on any atom is 0.262 e. The molecular weight excluding hydrogens is 408 g/mol. The van der Waals surface area contributed by atoms with Crippen molar-refractivity contribution in [1.29, 1.82) is 0 Å². The van der Waals surface area contributed by atoms with Crippen molar-refractivity contribution in [3.63, 3.8) is 0 Å². The van der Waals surface area contributed by atoms with Crippen LogP contribution in [0.5, 0.6) is 0 Å². The summed E-state index contributed by atoms with van der Waals surface area (Å²) < 4.78 is 32.4. The number of aromatic nitrogens is 1. The Labute approximate surface area is 165 Å². The molecule has 1 amide bonds. The standard InChI is InChI=1S/C19H10ClF2N3O2S/c20-11-1-4-16-10(7-11)8-13(17(26)25-19-23-5-6-28-19)18(27-16)24-12-2-3-14(21)15(22)9-12/h1-9H,(H,23,25,26). The third kappa shape index (κ3) is 3.78. The van der Waals surface area contributed by atoms with Gasteiger partial charge in [0, 0.05) is 28.1 Å². The molecule has 4 aromatic rings. The lowest BCUT2D eigenvalue weighted by molar-refractivity contribution is 0.102. The first-order chi connectivity index (χ1) is 13.5. The molecule has 5 nitrogen and oxygen atoms in total. The number of hydrogen-bond donors (Lipinski definition) is 1. The van der Waals surface area contributed by atoms with E-state index >= 15 is 0 Å². The van der Waals surface area contributed by atoms with Crippen molar-refractivity contribution >= 4 is 50.6 Å². The number of thiazole rings is 1. The molecular formula is C19H10ClF2N3O2S. The molecule has 0 aliphatic rings. The third-order valence-corrected chi connectivity index (χ3v) is 4.66. The largest absolute Gasteiger partial charge is 0.438 e. The molecule has 1 N–H and O–H groups in total. The first kappa shape index (κ1) is 18.3. The Hall–Kier alpha value is -3.10. The van der Waals surface area contributed by atoms with Gasteiger partial charge in [0.2, 0.25) is 5.55 Å². The highest BCUT2D eigenvalue weighted by Crippen LogP contribution is 2.21. The van der Waals surface area contributed by atoms with E-state index in [0.717, 1.165) is 12.1 Å². The quantitative estimate of drug-likeness (QED) is 0.491. The van der Waals surface area contributed by atoms with Gasteiger partial charge in [-0.05, 0) is 36.4 Å². The SMILES string of the molecule is O=C(Nc1nccs1)c1cc2cc(Cl)ccc2oc1=Nc1ccc(F)c(F)c1. The monoisotopic (exact) mass is 417 g/mol. The molecule has 0 spiro atoms. The summed E-state index contributed by atoms with van der Waals surface area (Å²) in [4.78, 5) is 20.9. The zero-order chi connectivity index (χ0) is 19.7. The van der Waals surface area contributed by atoms with Gasteiger partial charge in [-0.15, -0.1) is 11.3 Å². The number of anilines is 1. The fraction of sp³-hybridized carbons (Fsp3) is 0. The van der Waals surface area contributed by atoms with E-state index in [0.29, 0.717) is 21.1 Å². The van der Waals surface area contributed by atoms with Crippen molar-refractivity contribution in [2.45, 2.75) is 0 Å². The van der Waals surface area contributed by atoms with Gasteiger partial charge in [0.05, 0.1) is 5.69 Å². The number of hydrogen-bond acceptors (Lipinski definition) is 5. The molecule has 0 unspecified atom stereocenters. The number of halogens is 3. The number of carbonyl (C=O) groups excluding carboxylic acids is 1. The Kier molecular flexibility index (Phi) is 4.89. The smallest absolute Gasteiger partial charge is 0.262 e. The van der Waals surface area contributed by atoms with Crippen LogP contribution in [-0.4, -0.2) is 10.9 Å². The summed E-state index contributed by atoms with van der Waals surface area (Å²) in [5.74, 6) is -2.56.